The van der Waals surface area contributed by atoms with Crippen LogP contribution in [0.4, 0.5) is 0 Å². The van der Waals surface area contributed by atoms with Crippen LogP contribution in [0, 0.1) is 5.92 Å². The number of nitrogens with zero attached hydrogens (tertiary/aromatic N) is 2. The number of aryl methyl sites for hydroxylation is 1. The van der Waals surface area contributed by atoms with E-state index in [0.29, 0.717) is 16.4 Å². The Kier molecular flexibility index (Phi) is 4.34. The van der Waals surface area contributed by atoms with Crippen LogP contribution in [0.3, 0.4) is 0 Å². The summed E-state index contributed by atoms with van der Waals surface area (Å²) in [6.45, 7) is 3.09. The molecular weight excluding hydrogens is 274 g/mol. The molecule has 2 N–H and O–H groups in total. The molecule has 3 unspecified atom stereocenters. The Morgan fingerprint density at radius 2 is 2.21 bits per heavy atom. The quantitative estimate of drug-likeness (QED) is 0.908. The molecule has 5 heteroatoms. The summed E-state index contributed by atoms with van der Waals surface area (Å²) in [6.07, 6.45) is 5.38. The first-order valence-corrected chi connectivity index (χ1v) is 9.15. The lowest BCUT2D eigenvalue weighted by atomic mass is 9.87. The average molecular weight is 295 g/mol. The van der Waals surface area contributed by atoms with Crippen LogP contribution < -0.4 is 5.73 Å². The largest absolute Gasteiger partial charge is 0.330 e. The van der Waals surface area contributed by atoms with Crippen LogP contribution in [0.25, 0.3) is 0 Å². The fourth-order valence-corrected chi connectivity index (χ4v) is 5.55. The summed E-state index contributed by atoms with van der Waals surface area (Å²) in [5.41, 5.74) is 8.38. The monoisotopic (exact) mass is 295 g/mol. The highest BCUT2D eigenvalue weighted by Crippen LogP contribution is 2.41. The van der Waals surface area contributed by atoms with Gasteiger partial charge in [-0.3, -0.25) is 0 Å². The number of rotatable bonds is 2. The van der Waals surface area contributed by atoms with Crippen molar-refractivity contribution >= 4 is 23.5 Å². The molecule has 1 aromatic rings. The molecule has 2 aliphatic rings. The van der Waals surface area contributed by atoms with Crippen LogP contribution in [0.2, 0.25) is 0 Å². The third kappa shape index (κ3) is 2.93. The van der Waals surface area contributed by atoms with E-state index in [2.05, 4.69) is 18.1 Å². The lowest BCUT2D eigenvalue weighted by Gasteiger charge is -2.28. The maximum Gasteiger partial charge on any atom is 0.142 e. The van der Waals surface area contributed by atoms with Gasteiger partial charge in [-0.1, -0.05) is 6.92 Å². The summed E-state index contributed by atoms with van der Waals surface area (Å²) in [4.78, 5) is 9.52. The van der Waals surface area contributed by atoms with E-state index in [9.17, 15) is 0 Å². The van der Waals surface area contributed by atoms with Gasteiger partial charge in [0.15, 0.2) is 0 Å². The third-order valence-electron chi connectivity index (χ3n) is 4.05. The molecule has 1 aliphatic heterocycles. The lowest BCUT2D eigenvalue weighted by molar-refractivity contribution is 0.460. The molecule has 3 rings (SSSR count). The highest BCUT2D eigenvalue weighted by atomic mass is 32.2. The zero-order valence-corrected chi connectivity index (χ0v) is 13.0. The zero-order chi connectivity index (χ0) is 13.2. The van der Waals surface area contributed by atoms with E-state index < -0.39 is 0 Å². The molecule has 1 aliphatic carbocycles. The highest BCUT2D eigenvalue weighted by molar-refractivity contribution is 8.06. The van der Waals surface area contributed by atoms with Gasteiger partial charge in [-0.25, -0.2) is 9.97 Å². The van der Waals surface area contributed by atoms with Crippen molar-refractivity contribution in [3.63, 3.8) is 0 Å². The van der Waals surface area contributed by atoms with E-state index in [4.69, 9.17) is 10.7 Å². The van der Waals surface area contributed by atoms with Gasteiger partial charge in [0.25, 0.3) is 0 Å². The zero-order valence-electron chi connectivity index (χ0n) is 11.3. The molecule has 1 fully saturated rings. The Hall–Kier alpha value is -0.260. The van der Waals surface area contributed by atoms with E-state index in [1.54, 1.807) is 0 Å². The molecule has 0 amide bonds. The molecule has 0 bridgehead atoms. The lowest BCUT2D eigenvalue weighted by Crippen LogP contribution is -2.25. The number of nitrogens with two attached hydrogens (primary N) is 1. The summed E-state index contributed by atoms with van der Waals surface area (Å²) in [6, 6.07) is 0. The van der Waals surface area contributed by atoms with Gasteiger partial charge >= 0.3 is 0 Å². The molecule has 3 nitrogen and oxygen atoms in total. The molecule has 2 heterocycles. The van der Waals surface area contributed by atoms with E-state index >= 15 is 0 Å². The molecule has 1 aromatic heterocycles. The van der Waals surface area contributed by atoms with Crippen LogP contribution in [-0.2, 0) is 12.8 Å². The maximum absolute atomic E-state index is 5.78. The van der Waals surface area contributed by atoms with Crippen molar-refractivity contribution in [3.8, 4) is 0 Å². The molecular formula is C14H21N3S2. The smallest absolute Gasteiger partial charge is 0.142 e. The second kappa shape index (κ2) is 6.02. The van der Waals surface area contributed by atoms with E-state index in [-0.39, 0.29) is 0 Å². The van der Waals surface area contributed by atoms with Crippen molar-refractivity contribution in [1.82, 2.24) is 9.97 Å². The van der Waals surface area contributed by atoms with Gasteiger partial charge in [0.1, 0.15) is 5.82 Å². The molecule has 0 radical (unpaired) electrons. The number of hydrogen-bond acceptors (Lipinski definition) is 5. The molecule has 0 saturated carbocycles. The van der Waals surface area contributed by atoms with Crippen molar-refractivity contribution < 1.29 is 0 Å². The fourth-order valence-electron chi connectivity index (χ4n) is 2.85. The van der Waals surface area contributed by atoms with Crippen LogP contribution >= 0.6 is 23.5 Å². The van der Waals surface area contributed by atoms with Gasteiger partial charge < -0.3 is 5.73 Å². The number of thioether (sulfide) groups is 2. The predicted octanol–water partition coefficient (Wildman–Crippen LogP) is 2.45. The normalized spacial score (nSPS) is 30.9. The van der Waals surface area contributed by atoms with E-state index in [1.807, 2.05) is 23.5 Å². The third-order valence-corrected chi connectivity index (χ3v) is 7.13. The first-order valence-electron chi connectivity index (χ1n) is 7.06. The minimum absolute atomic E-state index is 0.469. The standard InChI is InChI=1S/C14H21N3S2/c1-9-13(19-5-4-18-9)14-16-8-11-6-10(7-15)2-3-12(11)17-14/h8-10,13H,2-7,15H2,1H3. The van der Waals surface area contributed by atoms with Crippen LogP contribution in [-0.4, -0.2) is 33.3 Å². The minimum Gasteiger partial charge on any atom is -0.330 e. The first kappa shape index (κ1) is 13.7. The van der Waals surface area contributed by atoms with E-state index in [0.717, 1.165) is 25.2 Å². The summed E-state index contributed by atoms with van der Waals surface area (Å²) >= 11 is 4.06. The number of aromatic nitrogens is 2. The molecule has 0 spiro atoms. The number of hydrogen-bond donors (Lipinski definition) is 1. The van der Waals surface area contributed by atoms with Gasteiger partial charge in [-0.15, -0.1) is 11.8 Å². The van der Waals surface area contributed by atoms with Gasteiger partial charge in [-0.05, 0) is 37.3 Å². The van der Waals surface area contributed by atoms with Crippen molar-refractivity contribution in [3.05, 3.63) is 23.3 Å². The Balaban J connectivity index is 1.81. The molecule has 104 valence electrons. The van der Waals surface area contributed by atoms with Crippen molar-refractivity contribution in [2.75, 3.05) is 18.1 Å². The maximum atomic E-state index is 5.78. The Morgan fingerprint density at radius 1 is 1.37 bits per heavy atom. The molecule has 19 heavy (non-hydrogen) atoms. The van der Waals surface area contributed by atoms with Gasteiger partial charge in [-0.2, -0.15) is 11.8 Å². The van der Waals surface area contributed by atoms with Crippen LogP contribution in [0.1, 0.15) is 35.7 Å². The first-order chi connectivity index (χ1) is 9.28. The van der Waals surface area contributed by atoms with Crippen molar-refractivity contribution in [1.29, 1.82) is 0 Å². The molecule has 3 atom stereocenters. The highest BCUT2D eigenvalue weighted by Gasteiger charge is 2.28. The topological polar surface area (TPSA) is 51.8 Å². The number of fused-ring (bicyclic) bond motifs is 1. The SMILES string of the molecule is CC1SCCSC1c1ncc2c(n1)CCC(CN)C2. The predicted molar refractivity (Wildman–Crippen MR) is 83.7 cm³/mol. The van der Waals surface area contributed by atoms with Crippen LogP contribution in [0.5, 0.6) is 0 Å². The Labute approximate surface area is 123 Å². The average Bonchev–Trinajstić information content (AvgIpc) is 2.46. The molecule has 1 saturated heterocycles. The molecule has 0 aromatic carbocycles. The second-order valence-electron chi connectivity index (χ2n) is 5.41. The van der Waals surface area contributed by atoms with Gasteiger partial charge in [0, 0.05) is 28.6 Å². The van der Waals surface area contributed by atoms with Gasteiger partial charge in [0.05, 0.1) is 5.25 Å². The second-order valence-corrected chi connectivity index (χ2v) is 8.15. The summed E-state index contributed by atoms with van der Waals surface area (Å²) < 4.78 is 0. The fraction of sp³-hybridized carbons (Fsp3) is 0.714. The Bertz CT molecular complexity index is 452. The van der Waals surface area contributed by atoms with Crippen molar-refractivity contribution in [2.24, 2.45) is 11.7 Å². The summed E-state index contributed by atoms with van der Waals surface area (Å²) in [7, 11) is 0. The summed E-state index contributed by atoms with van der Waals surface area (Å²) in [5, 5.41) is 1.09. The van der Waals surface area contributed by atoms with Gasteiger partial charge in [0.2, 0.25) is 0 Å². The van der Waals surface area contributed by atoms with Crippen LogP contribution in [0.15, 0.2) is 6.20 Å². The Morgan fingerprint density at radius 3 is 3.00 bits per heavy atom. The van der Waals surface area contributed by atoms with E-state index in [1.165, 1.54) is 29.2 Å². The van der Waals surface area contributed by atoms with Crippen molar-refractivity contribution in [2.45, 2.75) is 36.7 Å². The summed E-state index contributed by atoms with van der Waals surface area (Å²) in [5.74, 6) is 4.15. The minimum atomic E-state index is 0.469.